The monoisotopic (exact) mass is 319 g/mol. The van der Waals surface area contributed by atoms with E-state index in [4.69, 9.17) is 0 Å². The van der Waals surface area contributed by atoms with Crippen LogP contribution in [0.5, 0.6) is 0 Å². The van der Waals surface area contributed by atoms with Gasteiger partial charge in [0.05, 0.1) is 6.54 Å². The number of benzene rings is 2. The van der Waals surface area contributed by atoms with Crippen LogP contribution in [0.4, 0.5) is 0 Å². The molecule has 0 aromatic heterocycles. The van der Waals surface area contributed by atoms with Gasteiger partial charge in [0.25, 0.3) is 0 Å². The van der Waals surface area contributed by atoms with Crippen molar-refractivity contribution in [2.45, 2.75) is 26.3 Å². The van der Waals surface area contributed by atoms with Crippen molar-refractivity contribution in [2.75, 3.05) is 0 Å². The number of carbonyl (C=O) groups is 2. The minimum atomic E-state index is -0.558. The molecule has 0 fully saturated rings. The lowest BCUT2D eigenvalue weighted by atomic mass is 9.88. The summed E-state index contributed by atoms with van der Waals surface area (Å²) in [5.41, 5.74) is 3.38. The average Bonchev–Trinajstić information content (AvgIpc) is 2.59. The van der Waals surface area contributed by atoms with Crippen molar-refractivity contribution in [1.29, 1.82) is 0 Å². The fourth-order valence-corrected chi connectivity index (χ4v) is 3.08. The van der Waals surface area contributed by atoms with Gasteiger partial charge >= 0.3 is 0 Å². The molecular weight excluding hydrogens is 298 g/mol. The molecular formula is C21H21NO2. The lowest BCUT2D eigenvalue weighted by Gasteiger charge is -2.30. The molecule has 0 aliphatic carbocycles. The number of hydrogen-bond acceptors (Lipinski definition) is 2. The molecule has 1 aliphatic heterocycles. The maximum atomic E-state index is 12.6. The minimum Gasteiger partial charge on any atom is -0.314 e. The maximum Gasteiger partial charge on any atom is 0.237 e. The van der Waals surface area contributed by atoms with Crippen LogP contribution in [0.25, 0.3) is 0 Å². The lowest BCUT2D eigenvalue weighted by molar-refractivity contribution is -0.139. The van der Waals surface area contributed by atoms with E-state index in [0.717, 1.165) is 17.6 Å². The molecule has 1 unspecified atom stereocenters. The molecule has 122 valence electrons. The van der Waals surface area contributed by atoms with E-state index in [1.807, 2.05) is 54.7 Å². The number of hydrogen-bond donors (Lipinski definition) is 0. The number of amides is 1. The van der Waals surface area contributed by atoms with Gasteiger partial charge in [-0.15, -0.1) is 0 Å². The van der Waals surface area contributed by atoms with Crippen LogP contribution in [0.3, 0.4) is 0 Å². The summed E-state index contributed by atoms with van der Waals surface area (Å²) >= 11 is 0. The van der Waals surface area contributed by atoms with Gasteiger partial charge in [0.2, 0.25) is 5.91 Å². The van der Waals surface area contributed by atoms with Crippen LogP contribution in [0.15, 0.2) is 72.4 Å². The van der Waals surface area contributed by atoms with Crippen molar-refractivity contribution in [1.82, 2.24) is 4.90 Å². The smallest absolute Gasteiger partial charge is 0.237 e. The SMILES string of the molecule is CC(=O)C1CC(Cc2ccccc2)=CN(Cc2ccccc2)C1=O. The average molecular weight is 319 g/mol. The van der Waals surface area contributed by atoms with Crippen molar-refractivity contribution in [2.24, 2.45) is 5.92 Å². The van der Waals surface area contributed by atoms with Crippen LogP contribution in [0, 0.1) is 5.92 Å². The second-order valence-electron chi connectivity index (χ2n) is 6.27. The van der Waals surface area contributed by atoms with E-state index in [1.54, 1.807) is 4.90 Å². The summed E-state index contributed by atoms with van der Waals surface area (Å²) in [4.78, 5) is 26.3. The summed E-state index contributed by atoms with van der Waals surface area (Å²) in [6, 6.07) is 20.0. The molecule has 1 amide bonds. The third-order valence-corrected chi connectivity index (χ3v) is 4.35. The largest absolute Gasteiger partial charge is 0.314 e. The van der Waals surface area contributed by atoms with E-state index in [2.05, 4.69) is 12.1 Å². The summed E-state index contributed by atoms with van der Waals surface area (Å²) in [5, 5.41) is 0. The van der Waals surface area contributed by atoms with Gasteiger partial charge in [0.1, 0.15) is 11.7 Å². The fraction of sp³-hybridized carbons (Fsp3) is 0.238. The Morgan fingerprint density at radius 1 is 1.00 bits per heavy atom. The van der Waals surface area contributed by atoms with Crippen molar-refractivity contribution in [3.05, 3.63) is 83.6 Å². The highest BCUT2D eigenvalue weighted by Crippen LogP contribution is 2.26. The summed E-state index contributed by atoms with van der Waals surface area (Å²) in [5.74, 6) is -0.711. The minimum absolute atomic E-state index is 0.0586. The van der Waals surface area contributed by atoms with Gasteiger partial charge in [0, 0.05) is 6.20 Å². The number of nitrogens with zero attached hydrogens (tertiary/aromatic N) is 1. The van der Waals surface area contributed by atoms with Gasteiger partial charge in [-0.05, 0) is 36.5 Å². The number of ketones is 1. The molecule has 2 aromatic carbocycles. The second-order valence-corrected chi connectivity index (χ2v) is 6.27. The zero-order valence-electron chi connectivity index (χ0n) is 13.8. The first kappa shape index (κ1) is 16.2. The van der Waals surface area contributed by atoms with E-state index >= 15 is 0 Å². The summed E-state index contributed by atoms with van der Waals surface area (Å²) in [7, 11) is 0. The summed E-state index contributed by atoms with van der Waals surface area (Å²) in [6.07, 6.45) is 3.22. The molecule has 2 aromatic rings. The Morgan fingerprint density at radius 2 is 1.58 bits per heavy atom. The molecule has 3 heteroatoms. The third kappa shape index (κ3) is 3.80. The molecule has 0 saturated heterocycles. The molecule has 1 heterocycles. The second kappa shape index (κ2) is 7.26. The first-order valence-corrected chi connectivity index (χ1v) is 8.22. The predicted octanol–water partition coefficient (Wildman–Crippen LogP) is 3.75. The fourth-order valence-electron chi connectivity index (χ4n) is 3.08. The number of Topliss-reactive ketones (excluding diaryl/α,β-unsaturated/α-hetero) is 1. The van der Waals surface area contributed by atoms with Gasteiger partial charge in [-0.3, -0.25) is 9.59 Å². The van der Waals surface area contributed by atoms with Gasteiger partial charge < -0.3 is 4.90 Å². The zero-order chi connectivity index (χ0) is 16.9. The molecule has 3 rings (SSSR count). The van der Waals surface area contributed by atoms with Gasteiger partial charge in [0.15, 0.2) is 0 Å². The summed E-state index contributed by atoms with van der Waals surface area (Å²) in [6.45, 7) is 2.01. The normalized spacial score (nSPS) is 17.5. The number of rotatable bonds is 5. The van der Waals surface area contributed by atoms with Crippen LogP contribution in [-0.4, -0.2) is 16.6 Å². The molecule has 0 N–H and O–H groups in total. The van der Waals surface area contributed by atoms with Crippen LogP contribution in [-0.2, 0) is 22.6 Å². The Balaban J connectivity index is 1.85. The maximum absolute atomic E-state index is 12.6. The topological polar surface area (TPSA) is 37.4 Å². The van der Waals surface area contributed by atoms with Gasteiger partial charge in [-0.1, -0.05) is 60.7 Å². The van der Waals surface area contributed by atoms with E-state index in [1.165, 1.54) is 12.5 Å². The third-order valence-electron chi connectivity index (χ3n) is 4.35. The van der Waals surface area contributed by atoms with Crippen molar-refractivity contribution in [3.8, 4) is 0 Å². The van der Waals surface area contributed by atoms with Crippen LogP contribution < -0.4 is 0 Å². The highest BCUT2D eigenvalue weighted by Gasteiger charge is 2.32. The van der Waals surface area contributed by atoms with Gasteiger partial charge in [-0.25, -0.2) is 0 Å². The number of carbonyl (C=O) groups excluding carboxylic acids is 2. The Hall–Kier alpha value is -2.68. The van der Waals surface area contributed by atoms with E-state index in [-0.39, 0.29) is 11.7 Å². The highest BCUT2D eigenvalue weighted by atomic mass is 16.2. The van der Waals surface area contributed by atoms with E-state index < -0.39 is 5.92 Å². The van der Waals surface area contributed by atoms with E-state index in [9.17, 15) is 9.59 Å². The summed E-state index contributed by atoms with van der Waals surface area (Å²) < 4.78 is 0. The quantitative estimate of drug-likeness (QED) is 0.787. The lowest BCUT2D eigenvalue weighted by Crippen LogP contribution is -2.39. The van der Waals surface area contributed by atoms with Crippen LogP contribution in [0.2, 0.25) is 0 Å². The predicted molar refractivity (Wildman–Crippen MR) is 94.0 cm³/mol. The highest BCUT2D eigenvalue weighted by molar-refractivity contribution is 6.01. The molecule has 0 radical (unpaired) electrons. The molecule has 1 aliphatic rings. The Bertz CT molecular complexity index is 750. The number of allylic oxidation sites excluding steroid dienone is 1. The standard InChI is InChI=1S/C21H21NO2/c1-16(23)20-13-19(12-17-8-4-2-5-9-17)15-22(21(20)24)14-18-10-6-3-7-11-18/h2-11,15,20H,12-14H2,1H3. The van der Waals surface area contributed by atoms with Crippen LogP contribution >= 0.6 is 0 Å². The molecule has 24 heavy (non-hydrogen) atoms. The van der Waals surface area contributed by atoms with Crippen molar-refractivity contribution < 1.29 is 9.59 Å². The van der Waals surface area contributed by atoms with E-state index in [0.29, 0.717) is 13.0 Å². The van der Waals surface area contributed by atoms with Crippen molar-refractivity contribution >= 4 is 11.7 Å². The molecule has 3 nitrogen and oxygen atoms in total. The first-order valence-electron chi connectivity index (χ1n) is 8.22. The first-order chi connectivity index (χ1) is 11.6. The Labute approximate surface area is 142 Å². The molecule has 1 atom stereocenters. The van der Waals surface area contributed by atoms with Crippen LogP contribution in [0.1, 0.15) is 24.5 Å². The molecule has 0 spiro atoms. The van der Waals surface area contributed by atoms with Crippen molar-refractivity contribution in [3.63, 3.8) is 0 Å². The Kier molecular flexibility index (Phi) is 4.90. The van der Waals surface area contributed by atoms with Gasteiger partial charge in [-0.2, -0.15) is 0 Å². The molecule has 0 saturated carbocycles. The zero-order valence-corrected chi connectivity index (χ0v) is 13.8. The molecule has 0 bridgehead atoms. The Morgan fingerprint density at radius 3 is 2.17 bits per heavy atom.